The number of nitrogens with zero attached hydrogens (tertiary/aromatic N) is 2. The molecule has 0 unspecified atom stereocenters. The van der Waals surface area contributed by atoms with Gasteiger partial charge in [0.1, 0.15) is 0 Å². The molecule has 6 nitrogen and oxygen atoms in total. The van der Waals surface area contributed by atoms with Crippen LogP contribution in [0.3, 0.4) is 0 Å². The largest absolute Gasteiger partial charge is 0.336 e. The molecule has 3 aromatic rings. The highest BCUT2D eigenvalue weighted by Crippen LogP contribution is 2.17. The smallest absolute Gasteiger partial charge is 0.253 e. The van der Waals surface area contributed by atoms with E-state index in [2.05, 4.69) is 21.8 Å². The van der Waals surface area contributed by atoms with Gasteiger partial charge < -0.3 is 4.90 Å². The number of rotatable bonds is 7. The van der Waals surface area contributed by atoms with Crippen molar-refractivity contribution in [3.05, 3.63) is 88.1 Å². The van der Waals surface area contributed by atoms with Crippen LogP contribution in [-0.4, -0.2) is 50.3 Å². The molecular weight excluding hydrogens is 430 g/mol. The predicted molar refractivity (Wildman–Crippen MR) is 122 cm³/mol. The highest BCUT2D eigenvalue weighted by atomic mass is 32.2. The number of nitrogens with one attached hydrogen (secondary N) is 1. The standard InChI is InChI=1S/C23H25N3O3S2/c27-23(26-13-11-25(12-14-26)18-19-6-2-1-3-7-19)20-8-4-10-22(16-20)31(28,29)24-17-21-9-5-15-30-21/h1-10,15-16,24H,11-14,17-18H2. The second kappa shape index (κ2) is 9.74. The number of carbonyl (C=O) groups excluding carboxylic acids is 1. The molecule has 31 heavy (non-hydrogen) atoms. The summed E-state index contributed by atoms with van der Waals surface area (Å²) >= 11 is 1.49. The number of piperazine rings is 1. The SMILES string of the molecule is O=C(c1cccc(S(=O)(=O)NCc2cccs2)c1)N1CCN(Cc2ccccc2)CC1. The Bertz CT molecular complexity index is 1110. The molecule has 1 aromatic heterocycles. The fourth-order valence-corrected chi connectivity index (χ4v) is 5.38. The van der Waals surface area contributed by atoms with Gasteiger partial charge in [-0.3, -0.25) is 9.69 Å². The van der Waals surface area contributed by atoms with Gasteiger partial charge in [-0.1, -0.05) is 42.5 Å². The van der Waals surface area contributed by atoms with Crippen LogP contribution in [0.5, 0.6) is 0 Å². The zero-order valence-corrected chi connectivity index (χ0v) is 18.7. The summed E-state index contributed by atoms with van der Waals surface area (Å²) in [4.78, 5) is 18.2. The first kappa shape index (κ1) is 21.7. The number of benzene rings is 2. The summed E-state index contributed by atoms with van der Waals surface area (Å²) in [6.07, 6.45) is 0. The predicted octanol–water partition coefficient (Wildman–Crippen LogP) is 3.18. The van der Waals surface area contributed by atoms with Crippen LogP contribution in [-0.2, 0) is 23.1 Å². The van der Waals surface area contributed by atoms with E-state index in [1.807, 2.05) is 35.7 Å². The minimum atomic E-state index is -3.69. The molecule has 0 bridgehead atoms. The van der Waals surface area contributed by atoms with Gasteiger partial charge >= 0.3 is 0 Å². The van der Waals surface area contributed by atoms with E-state index in [1.165, 1.54) is 29.0 Å². The van der Waals surface area contributed by atoms with Crippen molar-refractivity contribution >= 4 is 27.3 Å². The molecular formula is C23H25N3O3S2. The summed E-state index contributed by atoms with van der Waals surface area (Å²) in [5.74, 6) is -0.130. The third kappa shape index (κ3) is 5.59. The van der Waals surface area contributed by atoms with Gasteiger partial charge in [-0.15, -0.1) is 11.3 Å². The van der Waals surface area contributed by atoms with Gasteiger partial charge in [-0.25, -0.2) is 13.1 Å². The monoisotopic (exact) mass is 455 g/mol. The van der Waals surface area contributed by atoms with Crippen LogP contribution >= 0.6 is 11.3 Å². The average molecular weight is 456 g/mol. The van der Waals surface area contributed by atoms with E-state index in [9.17, 15) is 13.2 Å². The van der Waals surface area contributed by atoms with Crippen molar-refractivity contribution in [1.29, 1.82) is 0 Å². The molecule has 0 atom stereocenters. The highest BCUT2D eigenvalue weighted by Gasteiger charge is 2.23. The van der Waals surface area contributed by atoms with E-state index >= 15 is 0 Å². The fourth-order valence-electron chi connectivity index (χ4n) is 3.59. The van der Waals surface area contributed by atoms with E-state index in [0.29, 0.717) is 18.7 Å². The number of carbonyl (C=O) groups is 1. The Morgan fingerprint density at radius 2 is 1.71 bits per heavy atom. The molecule has 1 aliphatic heterocycles. The van der Waals surface area contributed by atoms with E-state index in [4.69, 9.17) is 0 Å². The third-order valence-corrected chi connectivity index (χ3v) is 7.59. The topological polar surface area (TPSA) is 69.7 Å². The van der Waals surface area contributed by atoms with Gasteiger partial charge in [0.05, 0.1) is 4.90 Å². The first-order valence-electron chi connectivity index (χ1n) is 10.2. The summed E-state index contributed by atoms with van der Waals surface area (Å²) in [6, 6.07) is 20.3. The molecule has 0 aliphatic carbocycles. The van der Waals surface area contributed by atoms with Crippen LogP contribution in [0.2, 0.25) is 0 Å². The zero-order chi connectivity index (χ0) is 21.7. The number of thiophene rings is 1. The lowest BCUT2D eigenvalue weighted by Crippen LogP contribution is -2.48. The highest BCUT2D eigenvalue weighted by molar-refractivity contribution is 7.89. The van der Waals surface area contributed by atoms with Gasteiger partial charge in [-0.2, -0.15) is 0 Å². The molecule has 8 heteroatoms. The molecule has 2 aromatic carbocycles. The van der Waals surface area contributed by atoms with Crippen molar-refractivity contribution < 1.29 is 13.2 Å². The minimum Gasteiger partial charge on any atom is -0.336 e. The lowest BCUT2D eigenvalue weighted by Gasteiger charge is -2.34. The summed E-state index contributed by atoms with van der Waals surface area (Å²) in [6.45, 7) is 3.94. The van der Waals surface area contributed by atoms with E-state index in [0.717, 1.165) is 24.5 Å². The van der Waals surface area contributed by atoms with E-state index in [1.54, 1.807) is 17.0 Å². The van der Waals surface area contributed by atoms with Crippen LogP contribution < -0.4 is 4.72 Å². The van der Waals surface area contributed by atoms with Crippen molar-refractivity contribution in [2.45, 2.75) is 18.0 Å². The third-order valence-electron chi connectivity index (χ3n) is 5.32. The van der Waals surface area contributed by atoms with Crippen LogP contribution in [0.15, 0.2) is 77.0 Å². The van der Waals surface area contributed by atoms with Crippen LogP contribution in [0, 0.1) is 0 Å². The van der Waals surface area contributed by atoms with E-state index < -0.39 is 10.0 Å². The number of hydrogen-bond donors (Lipinski definition) is 1. The van der Waals surface area contributed by atoms with Crippen molar-refractivity contribution in [2.75, 3.05) is 26.2 Å². The van der Waals surface area contributed by atoms with Crippen molar-refractivity contribution in [1.82, 2.24) is 14.5 Å². The molecule has 1 amide bonds. The first-order chi connectivity index (χ1) is 15.0. The molecule has 0 saturated carbocycles. The molecule has 0 radical (unpaired) electrons. The molecule has 1 saturated heterocycles. The molecule has 1 N–H and O–H groups in total. The van der Waals surface area contributed by atoms with Gasteiger partial charge in [0.15, 0.2) is 0 Å². The lowest BCUT2D eigenvalue weighted by molar-refractivity contribution is 0.0628. The Balaban J connectivity index is 1.37. The second-order valence-corrected chi connectivity index (χ2v) is 10.3. The summed E-state index contributed by atoms with van der Waals surface area (Å²) in [5.41, 5.74) is 1.66. The minimum absolute atomic E-state index is 0.109. The molecule has 4 rings (SSSR count). The maximum Gasteiger partial charge on any atom is 0.253 e. The van der Waals surface area contributed by atoms with Gasteiger partial charge in [0.25, 0.3) is 5.91 Å². The quantitative estimate of drug-likeness (QED) is 0.594. The molecule has 0 spiro atoms. The fraction of sp³-hybridized carbons (Fsp3) is 0.261. The van der Waals surface area contributed by atoms with Crippen LogP contribution in [0.1, 0.15) is 20.8 Å². The Kier molecular flexibility index (Phi) is 6.82. The lowest BCUT2D eigenvalue weighted by atomic mass is 10.1. The van der Waals surface area contributed by atoms with Crippen LogP contribution in [0.4, 0.5) is 0 Å². The van der Waals surface area contributed by atoms with Crippen LogP contribution in [0.25, 0.3) is 0 Å². The normalized spacial score (nSPS) is 15.2. The summed E-state index contributed by atoms with van der Waals surface area (Å²) < 4.78 is 27.9. The van der Waals surface area contributed by atoms with Crippen molar-refractivity contribution in [2.24, 2.45) is 0 Å². The Morgan fingerprint density at radius 3 is 2.42 bits per heavy atom. The zero-order valence-electron chi connectivity index (χ0n) is 17.1. The summed E-state index contributed by atoms with van der Waals surface area (Å²) in [7, 11) is -3.69. The second-order valence-electron chi connectivity index (χ2n) is 7.49. The maximum atomic E-state index is 13.0. The Labute approximate surface area is 187 Å². The van der Waals surface area contributed by atoms with Gasteiger partial charge in [0.2, 0.25) is 10.0 Å². The van der Waals surface area contributed by atoms with E-state index in [-0.39, 0.29) is 17.3 Å². The molecule has 162 valence electrons. The van der Waals surface area contributed by atoms with Crippen molar-refractivity contribution in [3.8, 4) is 0 Å². The number of sulfonamides is 1. The Hall–Kier alpha value is -2.52. The molecule has 1 fully saturated rings. The van der Waals surface area contributed by atoms with Gasteiger partial charge in [-0.05, 0) is 35.2 Å². The van der Waals surface area contributed by atoms with Gasteiger partial charge in [0, 0.05) is 49.7 Å². The summed E-state index contributed by atoms with van der Waals surface area (Å²) in [5, 5.41) is 1.91. The molecule has 2 heterocycles. The van der Waals surface area contributed by atoms with Crippen molar-refractivity contribution in [3.63, 3.8) is 0 Å². The average Bonchev–Trinajstić information content (AvgIpc) is 3.33. The maximum absolute atomic E-state index is 13.0. The number of hydrogen-bond acceptors (Lipinski definition) is 5. The first-order valence-corrected chi connectivity index (χ1v) is 12.6. The Morgan fingerprint density at radius 1 is 0.935 bits per heavy atom. The number of amides is 1. The molecule has 1 aliphatic rings.